The minimum Gasteiger partial charge on any atom is -0.456 e. The Kier molecular flexibility index (Phi) is 5.29. The molecule has 3 aromatic rings. The number of nitrogens with zero attached hydrogens (tertiary/aromatic N) is 2. The third-order valence-corrected chi connectivity index (χ3v) is 4.14. The highest BCUT2D eigenvalue weighted by Crippen LogP contribution is 2.16. The number of amides is 1. The van der Waals surface area contributed by atoms with Gasteiger partial charge in [0.2, 0.25) is 0 Å². The number of hydrogen-bond acceptors (Lipinski definition) is 3. The van der Waals surface area contributed by atoms with Crippen LogP contribution in [0.5, 0.6) is 0 Å². The van der Waals surface area contributed by atoms with Gasteiger partial charge in [0.25, 0.3) is 5.91 Å². The number of furan rings is 1. The monoisotopic (exact) mass is 334 g/mol. The van der Waals surface area contributed by atoms with Crippen molar-refractivity contribution in [2.24, 2.45) is 0 Å². The summed E-state index contributed by atoms with van der Waals surface area (Å²) in [7, 11) is 0. The zero-order valence-corrected chi connectivity index (χ0v) is 14.6. The molecule has 2 heterocycles. The van der Waals surface area contributed by atoms with Crippen LogP contribution in [0.3, 0.4) is 0 Å². The molecule has 0 bridgehead atoms. The largest absolute Gasteiger partial charge is 0.456 e. The molecule has 0 aliphatic heterocycles. The number of benzene rings is 1. The van der Waals surface area contributed by atoms with E-state index in [0.717, 1.165) is 23.3 Å². The van der Waals surface area contributed by atoms with E-state index in [1.54, 1.807) is 23.4 Å². The number of pyridine rings is 1. The molecule has 1 aromatic carbocycles. The summed E-state index contributed by atoms with van der Waals surface area (Å²) in [6.45, 7) is 4.98. The summed E-state index contributed by atoms with van der Waals surface area (Å²) in [5.74, 6) is 0.986. The molecule has 2 aromatic heterocycles. The number of carbonyl (C=O) groups excluding carboxylic acids is 1. The lowest BCUT2D eigenvalue weighted by molar-refractivity contribution is 0.0696. The first-order chi connectivity index (χ1) is 12.2. The highest BCUT2D eigenvalue weighted by atomic mass is 16.3. The molecule has 0 radical (unpaired) electrons. The predicted molar refractivity (Wildman–Crippen MR) is 97.1 cm³/mol. The van der Waals surface area contributed by atoms with Gasteiger partial charge in [0, 0.05) is 25.5 Å². The van der Waals surface area contributed by atoms with E-state index in [9.17, 15) is 4.79 Å². The van der Waals surface area contributed by atoms with E-state index in [2.05, 4.69) is 36.2 Å². The van der Waals surface area contributed by atoms with E-state index in [1.165, 1.54) is 5.56 Å². The molecule has 0 N–H and O–H groups in total. The fourth-order valence-corrected chi connectivity index (χ4v) is 2.72. The van der Waals surface area contributed by atoms with Gasteiger partial charge >= 0.3 is 0 Å². The van der Waals surface area contributed by atoms with Crippen molar-refractivity contribution in [3.8, 4) is 0 Å². The van der Waals surface area contributed by atoms with E-state index in [0.29, 0.717) is 18.8 Å². The molecule has 0 aliphatic carbocycles. The van der Waals surface area contributed by atoms with Crippen LogP contribution in [0.2, 0.25) is 0 Å². The van der Waals surface area contributed by atoms with Gasteiger partial charge in [-0.2, -0.15) is 0 Å². The first-order valence-electron chi connectivity index (χ1n) is 8.48. The van der Waals surface area contributed by atoms with Gasteiger partial charge in [0.1, 0.15) is 5.76 Å². The van der Waals surface area contributed by atoms with Gasteiger partial charge in [-0.1, -0.05) is 37.3 Å². The first-order valence-corrected chi connectivity index (χ1v) is 8.48. The molecule has 128 valence electrons. The van der Waals surface area contributed by atoms with Crippen LogP contribution >= 0.6 is 0 Å². The molecule has 4 heteroatoms. The van der Waals surface area contributed by atoms with Crippen molar-refractivity contribution in [2.45, 2.75) is 33.4 Å². The number of carbonyl (C=O) groups is 1. The van der Waals surface area contributed by atoms with Crippen molar-refractivity contribution in [2.75, 3.05) is 0 Å². The molecule has 1 amide bonds. The zero-order chi connectivity index (χ0) is 17.6. The summed E-state index contributed by atoms with van der Waals surface area (Å²) < 4.78 is 5.53. The lowest BCUT2D eigenvalue weighted by atomic mass is 10.1. The normalized spacial score (nSPS) is 10.6. The summed E-state index contributed by atoms with van der Waals surface area (Å²) in [6, 6.07) is 15.8. The quantitative estimate of drug-likeness (QED) is 0.672. The number of aryl methyl sites for hydroxylation is 2. The average Bonchev–Trinajstić information content (AvgIpc) is 3.08. The molecule has 4 nitrogen and oxygen atoms in total. The molecular formula is C21H22N2O2. The maximum absolute atomic E-state index is 12.9. The number of rotatable bonds is 6. The minimum absolute atomic E-state index is 0.114. The van der Waals surface area contributed by atoms with Crippen LogP contribution in [-0.4, -0.2) is 15.8 Å². The smallest absolute Gasteiger partial charge is 0.290 e. The van der Waals surface area contributed by atoms with E-state index >= 15 is 0 Å². The lowest BCUT2D eigenvalue weighted by Crippen LogP contribution is -2.30. The Morgan fingerprint density at radius 2 is 1.72 bits per heavy atom. The van der Waals surface area contributed by atoms with Gasteiger partial charge in [-0.05, 0) is 48.2 Å². The molecule has 0 fully saturated rings. The van der Waals surface area contributed by atoms with Crippen LogP contribution in [0, 0.1) is 6.92 Å². The van der Waals surface area contributed by atoms with Crippen LogP contribution in [0.1, 0.15) is 39.9 Å². The maximum Gasteiger partial charge on any atom is 0.290 e. The van der Waals surface area contributed by atoms with Crippen LogP contribution in [0.15, 0.2) is 65.3 Å². The average molecular weight is 334 g/mol. The van der Waals surface area contributed by atoms with Gasteiger partial charge in [-0.15, -0.1) is 0 Å². The van der Waals surface area contributed by atoms with Crippen LogP contribution < -0.4 is 0 Å². The van der Waals surface area contributed by atoms with Crippen molar-refractivity contribution in [1.29, 1.82) is 0 Å². The van der Waals surface area contributed by atoms with Gasteiger partial charge in [-0.25, -0.2) is 0 Å². The SMILES string of the molecule is CCc1ccc(CN(Cc2cccnc2)C(=O)c2ccc(C)o2)cc1. The zero-order valence-electron chi connectivity index (χ0n) is 14.6. The second-order valence-electron chi connectivity index (χ2n) is 6.10. The van der Waals surface area contributed by atoms with Crippen LogP contribution in [0.4, 0.5) is 0 Å². The Balaban J connectivity index is 1.83. The molecule has 0 spiro atoms. The third kappa shape index (κ3) is 4.35. The molecule has 0 saturated carbocycles. The second-order valence-corrected chi connectivity index (χ2v) is 6.10. The summed E-state index contributed by atoms with van der Waals surface area (Å²) >= 11 is 0. The van der Waals surface area contributed by atoms with Crippen molar-refractivity contribution in [3.05, 3.63) is 89.1 Å². The van der Waals surface area contributed by atoms with Gasteiger partial charge in [-0.3, -0.25) is 9.78 Å². The Hall–Kier alpha value is -2.88. The van der Waals surface area contributed by atoms with Crippen molar-refractivity contribution < 1.29 is 9.21 Å². The van der Waals surface area contributed by atoms with E-state index < -0.39 is 0 Å². The Morgan fingerprint density at radius 3 is 2.32 bits per heavy atom. The van der Waals surface area contributed by atoms with Gasteiger partial charge in [0.05, 0.1) is 0 Å². The maximum atomic E-state index is 12.9. The van der Waals surface area contributed by atoms with Crippen molar-refractivity contribution in [1.82, 2.24) is 9.88 Å². The molecule has 0 aliphatic rings. The Labute approximate surface area is 148 Å². The second kappa shape index (κ2) is 7.79. The lowest BCUT2D eigenvalue weighted by Gasteiger charge is -2.22. The number of aromatic nitrogens is 1. The van der Waals surface area contributed by atoms with Crippen molar-refractivity contribution >= 4 is 5.91 Å². The van der Waals surface area contributed by atoms with E-state index in [-0.39, 0.29) is 5.91 Å². The fourth-order valence-electron chi connectivity index (χ4n) is 2.72. The third-order valence-electron chi connectivity index (χ3n) is 4.14. The topological polar surface area (TPSA) is 46.3 Å². The summed E-state index contributed by atoms with van der Waals surface area (Å²) in [6.07, 6.45) is 4.52. The highest BCUT2D eigenvalue weighted by molar-refractivity contribution is 5.91. The first kappa shape index (κ1) is 17.0. The fraction of sp³-hybridized carbons (Fsp3) is 0.238. The Bertz CT molecular complexity index is 823. The van der Waals surface area contributed by atoms with E-state index in [4.69, 9.17) is 4.42 Å². The van der Waals surface area contributed by atoms with E-state index in [1.807, 2.05) is 25.1 Å². The standard InChI is InChI=1S/C21H22N2O2/c1-3-17-7-9-18(10-8-17)14-23(15-19-5-4-12-22-13-19)21(24)20-11-6-16(2)25-20/h4-13H,3,14-15H2,1-2H3. The van der Waals surface area contributed by atoms with Crippen molar-refractivity contribution in [3.63, 3.8) is 0 Å². The summed E-state index contributed by atoms with van der Waals surface area (Å²) in [5.41, 5.74) is 3.37. The van der Waals surface area contributed by atoms with Crippen LogP contribution in [0.25, 0.3) is 0 Å². The predicted octanol–water partition coefficient (Wildman–Crippen LogP) is 4.39. The molecule has 25 heavy (non-hydrogen) atoms. The summed E-state index contributed by atoms with van der Waals surface area (Å²) in [4.78, 5) is 18.8. The Morgan fingerprint density at radius 1 is 1.00 bits per heavy atom. The molecule has 0 atom stereocenters. The molecule has 0 saturated heterocycles. The molecule has 0 unspecified atom stereocenters. The highest BCUT2D eigenvalue weighted by Gasteiger charge is 2.19. The van der Waals surface area contributed by atoms with Gasteiger partial charge < -0.3 is 9.32 Å². The number of hydrogen-bond donors (Lipinski definition) is 0. The van der Waals surface area contributed by atoms with Crippen LogP contribution in [-0.2, 0) is 19.5 Å². The minimum atomic E-state index is -0.114. The summed E-state index contributed by atoms with van der Waals surface area (Å²) in [5, 5.41) is 0. The van der Waals surface area contributed by atoms with Gasteiger partial charge in [0.15, 0.2) is 5.76 Å². The molecule has 3 rings (SSSR count). The molecular weight excluding hydrogens is 312 g/mol.